The van der Waals surface area contributed by atoms with E-state index in [1.165, 1.54) is 4.57 Å². The molecule has 0 aliphatic carbocycles. The van der Waals surface area contributed by atoms with Gasteiger partial charge in [0.05, 0.1) is 12.4 Å². The van der Waals surface area contributed by atoms with Crippen LogP contribution in [0.4, 0.5) is 0 Å². The van der Waals surface area contributed by atoms with Gasteiger partial charge in [-0.2, -0.15) is 0 Å². The van der Waals surface area contributed by atoms with Crippen LogP contribution in [0.3, 0.4) is 0 Å². The van der Waals surface area contributed by atoms with Gasteiger partial charge in [0.25, 0.3) is 11.5 Å². The van der Waals surface area contributed by atoms with Gasteiger partial charge in [-0.3, -0.25) is 9.59 Å². The zero-order valence-corrected chi connectivity index (χ0v) is 12.9. The van der Waals surface area contributed by atoms with Crippen LogP contribution in [0.2, 0.25) is 0 Å². The van der Waals surface area contributed by atoms with Crippen molar-refractivity contribution in [1.29, 1.82) is 0 Å². The molecule has 1 aliphatic rings. The molecule has 0 aromatic carbocycles. The van der Waals surface area contributed by atoms with E-state index < -0.39 is 0 Å². The highest BCUT2D eigenvalue weighted by Crippen LogP contribution is 2.22. The first-order valence-electron chi connectivity index (χ1n) is 7.51. The molecule has 3 rings (SSSR count). The van der Waals surface area contributed by atoms with Crippen LogP contribution in [-0.4, -0.2) is 38.0 Å². The van der Waals surface area contributed by atoms with E-state index in [1.54, 1.807) is 30.5 Å². The van der Waals surface area contributed by atoms with E-state index in [-0.39, 0.29) is 23.1 Å². The van der Waals surface area contributed by atoms with Crippen molar-refractivity contribution in [3.63, 3.8) is 0 Å². The lowest BCUT2D eigenvalue weighted by Gasteiger charge is -2.33. The molecule has 0 radical (unpaired) electrons. The molecule has 0 spiro atoms. The lowest BCUT2D eigenvalue weighted by molar-refractivity contribution is 0.0677. The number of hydrogen-bond acceptors (Lipinski definition) is 3. The Kier molecular flexibility index (Phi) is 3.83. The van der Waals surface area contributed by atoms with Gasteiger partial charge >= 0.3 is 0 Å². The third-order valence-electron chi connectivity index (χ3n) is 4.42. The van der Waals surface area contributed by atoms with E-state index >= 15 is 0 Å². The summed E-state index contributed by atoms with van der Waals surface area (Å²) in [7, 11) is 1.69. The number of pyridine rings is 1. The van der Waals surface area contributed by atoms with Crippen LogP contribution in [0.15, 0.2) is 35.6 Å². The molecule has 0 saturated carbocycles. The smallest absolute Gasteiger partial charge is 0.263 e. The normalized spacial score (nSPS) is 18.5. The topological polar surface area (TPSA) is 60.1 Å². The summed E-state index contributed by atoms with van der Waals surface area (Å²) >= 11 is 0. The fourth-order valence-corrected chi connectivity index (χ4v) is 2.93. The summed E-state index contributed by atoms with van der Waals surface area (Å²) in [5.74, 6) is -0.176. The molecular formula is C16H20N4O2. The number of nitrogens with zero attached hydrogens (tertiary/aromatic N) is 4. The van der Waals surface area contributed by atoms with Gasteiger partial charge in [-0.15, -0.1) is 0 Å². The highest BCUT2D eigenvalue weighted by Gasteiger charge is 2.26. The van der Waals surface area contributed by atoms with E-state index in [0.29, 0.717) is 13.1 Å². The number of carbonyl (C=O) groups is 1. The summed E-state index contributed by atoms with van der Waals surface area (Å²) in [5.41, 5.74) is 0.866. The molecule has 0 N–H and O–H groups in total. The molecule has 6 nitrogen and oxygen atoms in total. The Bertz CT molecular complexity index is 733. The highest BCUT2D eigenvalue weighted by atomic mass is 16.2. The maximum absolute atomic E-state index is 12.7. The Balaban J connectivity index is 1.83. The summed E-state index contributed by atoms with van der Waals surface area (Å²) in [5, 5.41) is 0. The fraction of sp³-hybridized carbons (Fsp3) is 0.438. The largest absolute Gasteiger partial charge is 0.336 e. The number of aromatic nitrogens is 3. The van der Waals surface area contributed by atoms with Crippen molar-refractivity contribution in [3.8, 4) is 0 Å². The van der Waals surface area contributed by atoms with Crippen molar-refractivity contribution in [2.75, 3.05) is 13.1 Å². The van der Waals surface area contributed by atoms with Gasteiger partial charge in [0, 0.05) is 38.2 Å². The van der Waals surface area contributed by atoms with Gasteiger partial charge in [0.15, 0.2) is 0 Å². The van der Waals surface area contributed by atoms with Crippen molar-refractivity contribution < 1.29 is 4.79 Å². The first-order chi connectivity index (χ1) is 10.6. The zero-order valence-electron chi connectivity index (χ0n) is 12.9. The monoisotopic (exact) mass is 300 g/mol. The molecule has 3 heterocycles. The minimum Gasteiger partial charge on any atom is -0.336 e. The number of rotatable bonds is 2. The molecular weight excluding hydrogens is 280 g/mol. The second-order valence-corrected chi connectivity index (χ2v) is 5.81. The SMILES string of the molecule is Cc1ccc(C(=O)N2CCC[C@@H](n3ccnc3)C2)c(=O)n1C. The Morgan fingerprint density at radius 3 is 2.91 bits per heavy atom. The zero-order chi connectivity index (χ0) is 15.7. The minimum absolute atomic E-state index is 0.176. The first kappa shape index (κ1) is 14.6. The van der Waals surface area contributed by atoms with Crippen LogP contribution >= 0.6 is 0 Å². The van der Waals surface area contributed by atoms with Gasteiger partial charge in [-0.1, -0.05) is 0 Å². The number of carbonyl (C=O) groups excluding carboxylic acids is 1. The fourth-order valence-electron chi connectivity index (χ4n) is 2.93. The molecule has 6 heteroatoms. The van der Waals surface area contributed by atoms with Crippen molar-refractivity contribution in [2.45, 2.75) is 25.8 Å². The summed E-state index contributed by atoms with van der Waals surface area (Å²) < 4.78 is 3.55. The predicted molar refractivity (Wildman–Crippen MR) is 82.8 cm³/mol. The number of piperidine rings is 1. The van der Waals surface area contributed by atoms with Gasteiger partial charge in [-0.05, 0) is 31.9 Å². The molecule has 0 unspecified atom stereocenters. The Hall–Kier alpha value is -2.37. The minimum atomic E-state index is -0.227. The molecule has 2 aromatic heterocycles. The molecule has 116 valence electrons. The van der Waals surface area contributed by atoms with Crippen LogP contribution < -0.4 is 5.56 Å². The Morgan fingerprint density at radius 1 is 1.36 bits per heavy atom. The second kappa shape index (κ2) is 5.79. The van der Waals surface area contributed by atoms with Gasteiger partial charge in [0.2, 0.25) is 0 Å². The molecule has 22 heavy (non-hydrogen) atoms. The van der Waals surface area contributed by atoms with Crippen LogP contribution in [0.5, 0.6) is 0 Å². The summed E-state index contributed by atoms with van der Waals surface area (Å²) in [6.07, 6.45) is 7.40. The molecule has 1 amide bonds. The summed E-state index contributed by atoms with van der Waals surface area (Å²) in [6, 6.07) is 3.68. The van der Waals surface area contributed by atoms with E-state index in [4.69, 9.17) is 0 Å². The standard InChI is InChI=1S/C16H20N4O2/c1-12-5-6-14(15(21)18(12)2)16(22)19-8-3-4-13(10-19)20-9-7-17-11-20/h5-7,9,11,13H,3-4,8,10H2,1-2H3/t13-/m1/s1. The number of amides is 1. The molecule has 1 fully saturated rings. The van der Waals surface area contributed by atoms with Gasteiger partial charge < -0.3 is 14.0 Å². The van der Waals surface area contributed by atoms with Gasteiger partial charge in [0.1, 0.15) is 5.56 Å². The molecule has 0 bridgehead atoms. The first-order valence-corrected chi connectivity index (χ1v) is 7.51. The average Bonchev–Trinajstić information content (AvgIpc) is 3.07. The quantitative estimate of drug-likeness (QED) is 0.841. The number of imidazole rings is 1. The van der Waals surface area contributed by atoms with Crippen molar-refractivity contribution >= 4 is 5.91 Å². The lowest BCUT2D eigenvalue weighted by atomic mass is 10.0. The molecule has 1 aliphatic heterocycles. The van der Waals surface area contributed by atoms with E-state index in [1.807, 2.05) is 23.8 Å². The third-order valence-corrected chi connectivity index (χ3v) is 4.42. The second-order valence-electron chi connectivity index (χ2n) is 5.81. The van der Waals surface area contributed by atoms with Gasteiger partial charge in [-0.25, -0.2) is 4.98 Å². The highest BCUT2D eigenvalue weighted by molar-refractivity contribution is 5.94. The maximum atomic E-state index is 12.7. The van der Waals surface area contributed by atoms with Crippen LogP contribution in [0, 0.1) is 6.92 Å². The summed E-state index contributed by atoms with van der Waals surface area (Å²) in [4.78, 5) is 30.8. The van der Waals surface area contributed by atoms with E-state index in [9.17, 15) is 9.59 Å². The number of hydrogen-bond donors (Lipinski definition) is 0. The Labute approximate surface area is 129 Å². The van der Waals surface area contributed by atoms with Crippen LogP contribution in [0.1, 0.15) is 34.9 Å². The maximum Gasteiger partial charge on any atom is 0.263 e. The average molecular weight is 300 g/mol. The predicted octanol–water partition coefficient (Wildman–Crippen LogP) is 1.37. The van der Waals surface area contributed by atoms with Crippen LogP contribution in [0.25, 0.3) is 0 Å². The third kappa shape index (κ3) is 2.56. The van der Waals surface area contributed by atoms with E-state index in [2.05, 4.69) is 4.98 Å². The van der Waals surface area contributed by atoms with Crippen LogP contribution in [-0.2, 0) is 7.05 Å². The van der Waals surface area contributed by atoms with Crippen molar-refractivity contribution in [3.05, 3.63) is 52.5 Å². The van der Waals surface area contributed by atoms with Crippen molar-refractivity contribution in [1.82, 2.24) is 19.0 Å². The molecule has 2 aromatic rings. The molecule has 1 saturated heterocycles. The summed E-state index contributed by atoms with van der Waals surface area (Å²) in [6.45, 7) is 3.17. The number of aryl methyl sites for hydroxylation is 1. The number of likely N-dealkylation sites (tertiary alicyclic amines) is 1. The lowest BCUT2D eigenvalue weighted by Crippen LogP contribution is -2.43. The Morgan fingerprint density at radius 2 is 2.18 bits per heavy atom. The van der Waals surface area contributed by atoms with E-state index in [0.717, 1.165) is 18.5 Å². The van der Waals surface area contributed by atoms with Crippen molar-refractivity contribution in [2.24, 2.45) is 7.05 Å². The molecule has 1 atom stereocenters.